The van der Waals surface area contributed by atoms with E-state index in [4.69, 9.17) is 4.74 Å². The standard InChI is InChI=1S/C10H14FNOS/c1-2-14-7-3-6-13-9-4-5-10(11)12-8-9/h4-5,8H,2-3,6-7H2,1H3. The minimum atomic E-state index is -0.473. The van der Waals surface area contributed by atoms with Gasteiger partial charge in [-0.2, -0.15) is 16.2 Å². The molecule has 0 N–H and O–H groups in total. The molecular weight excluding hydrogens is 201 g/mol. The summed E-state index contributed by atoms with van der Waals surface area (Å²) >= 11 is 1.89. The molecule has 0 aliphatic carbocycles. The van der Waals surface area contributed by atoms with Crippen LogP contribution in [0.3, 0.4) is 0 Å². The van der Waals surface area contributed by atoms with Gasteiger partial charge in [0, 0.05) is 0 Å². The second kappa shape index (κ2) is 6.65. The predicted octanol–water partition coefficient (Wildman–Crippen LogP) is 2.74. The first-order valence-electron chi connectivity index (χ1n) is 4.65. The second-order valence-corrected chi connectivity index (χ2v) is 4.11. The fraction of sp³-hybridized carbons (Fsp3) is 0.500. The molecule has 0 aliphatic heterocycles. The van der Waals surface area contributed by atoms with E-state index >= 15 is 0 Å². The molecule has 0 unspecified atom stereocenters. The molecular formula is C10H14FNOS. The number of nitrogens with zero attached hydrogens (tertiary/aromatic N) is 1. The fourth-order valence-corrected chi connectivity index (χ4v) is 1.55. The van der Waals surface area contributed by atoms with Crippen LogP contribution in [0.15, 0.2) is 18.3 Å². The van der Waals surface area contributed by atoms with Crippen molar-refractivity contribution >= 4 is 11.8 Å². The molecule has 1 aromatic rings. The normalized spacial score (nSPS) is 10.1. The Morgan fingerprint density at radius 1 is 1.50 bits per heavy atom. The number of thioether (sulfide) groups is 1. The maximum atomic E-state index is 12.4. The number of aromatic nitrogens is 1. The van der Waals surface area contributed by atoms with Crippen molar-refractivity contribution in [3.05, 3.63) is 24.3 Å². The van der Waals surface area contributed by atoms with Gasteiger partial charge < -0.3 is 4.74 Å². The molecule has 1 heterocycles. The maximum absolute atomic E-state index is 12.4. The molecule has 2 nitrogen and oxygen atoms in total. The number of rotatable bonds is 6. The molecule has 0 spiro atoms. The van der Waals surface area contributed by atoms with Gasteiger partial charge >= 0.3 is 0 Å². The quantitative estimate of drug-likeness (QED) is 0.538. The molecule has 4 heteroatoms. The lowest BCUT2D eigenvalue weighted by atomic mass is 10.4. The summed E-state index contributed by atoms with van der Waals surface area (Å²) in [5.74, 6) is 2.40. The van der Waals surface area contributed by atoms with Crippen molar-refractivity contribution in [3.8, 4) is 5.75 Å². The average Bonchev–Trinajstić information content (AvgIpc) is 2.21. The molecule has 0 aliphatic rings. The van der Waals surface area contributed by atoms with Crippen LogP contribution in [0.25, 0.3) is 0 Å². The van der Waals surface area contributed by atoms with Crippen molar-refractivity contribution in [2.24, 2.45) is 0 Å². The van der Waals surface area contributed by atoms with Gasteiger partial charge in [-0.3, -0.25) is 0 Å². The van der Waals surface area contributed by atoms with Crippen LogP contribution in [-0.4, -0.2) is 23.1 Å². The van der Waals surface area contributed by atoms with E-state index in [-0.39, 0.29) is 0 Å². The molecule has 1 rings (SSSR count). The lowest BCUT2D eigenvalue weighted by Crippen LogP contribution is -1.99. The van der Waals surface area contributed by atoms with Gasteiger partial charge in [0.05, 0.1) is 12.8 Å². The molecule has 0 atom stereocenters. The summed E-state index contributed by atoms with van der Waals surface area (Å²) in [7, 11) is 0. The molecule has 0 saturated carbocycles. The summed E-state index contributed by atoms with van der Waals surface area (Å²) in [6.45, 7) is 2.80. The number of pyridine rings is 1. The molecule has 0 bridgehead atoms. The van der Waals surface area contributed by atoms with Crippen LogP contribution in [-0.2, 0) is 0 Å². The zero-order valence-corrected chi connectivity index (χ0v) is 9.02. The number of ether oxygens (including phenoxy) is 1. The van der Waals surface area contributed by atoms with Crippen LogP contribution in [0.2, 0.25) is 0 Å². The number of hydrogen-bond acceptors (Lipinski definition) is 3. The van der Waals surface area contributed by atoms with E-state index < -0.39 is 5.95 Å². The Balaban J connectivity index is 2.15. The Labute approximate surface area is 87.9 Å². The third-order valence-electron chi connectivity index (χ3n) is 1.61. The van der Waals surface area contributed by atoms with E-state index in [0.29, 0.717) is 12.4 Å². The zero-order chi connectivity index (χ0) is 10.2. The highest BCUT2D eigenvalue weighted by molar-refractivity contribution is 7.99. The predicted molar refractivity (Wildman–Crippen MR) is 57.3 cm³/mol. The van der Waals surface area contributed by atoms with Gasteiger partial charge in [0.25, 0.3) is 0 Å². The molecule has 14 heavy (non-hydrogen) atoms. The third-order valence-corrected chi connectivity index (χ3v) is 2.59. The summed E-state index contributed by atoms with van der Waals surface area (Å²) in [5.41, 5.74) is 0. The van der Waals surface area contributed by atoms with Crippen molar-refractivity contribution in [1.29, 1.82) is 0 Å². The topological polar surface area (TPSA) is 22.1 Å². The van der Waals surface area contributed by atoms with Crippen LogP contribution in [0.1, 0.15) is 13.3 Å². The van der Waals surface area contributed by atoms with Gasteiger partial charge in [0.1, 0.15) is 5.75 Å². The van der Waals surface area contributed by atoms with Gasteiger partial charge in [-0.15, -0.1) is 0 Å². The Hall–Kier alpha value is -0.770. The zero-order valence-electron chi connectivity index (χ0n) is 8.20. The van der Waals surface area contributed by atoms with Crippen LogP contribution in [0.5, 0.6) is 5.75 Å². The SMILES string of the molecule is CCSCCCOc1ccc(F)nc1. The van der Waals surface area contributed by atoms with Crippen molar-refractivity contribution in [1.82, 2.24) is 4.98 Å². The minimum Gasteiger partial charge on any atom is -0.492 e. The smallest absolute Gasteiger partial charge is 0.213 e. The highest BCUT2D eigenvalue weighted by atomic mass is 32.2. The van der Waals surface area contributed by atoms with E-state index in [0.717, 1.165) is 17.9 Å². The van der Waals surface area contributed by atoms with E-state index in [2.05, 4.69) is 11.9 Å². The summed E-state index contributed by atoms with van der Waals surface area (Å²) < 4.78 is 17.8. The summed E-state index contributed by atoms with van der Waals surface area (Å²) in [5, 5.41) is 0. The number of halogens is 1. The van der Waals surface area contributed by atoms with E-state index in [1.165, 1.54) is 12.3 Å². The Morgan fingerprint density at radius 2 is 2.36 bits per heavy atom. The number of hydrogen-bond donors (Lipinski definition) is 0. The van der Waals surface area contributed by atoms with Crippen LogP contribution in [0.4, 0.5) is 4.39 Å². The van der Waals surface area contributed by atoms with Crippen molar-refractivity contribution in [2.45, 2.75) is 13.3 Å². The Kier molecular flexibility index (Phi) is 5.37. The van der Waals surface area contributed by atoms with E-state index in [1.807, 2.05) is 11.8 Å². The molecule has 0 aromatic carbocycles. The van der Waals surface area contributed by atoms with Gasteiger partial charge in [0.15, 0.2) is 0 Å². The molecule has 0 amide bonds. The lowest BCUT2D eigenvalue weighted by molar-refractivity contribution is 0.316. The summed E-state index contributed by atoms with van der Waals surface area (Å²) in [6.07, 6.45) is 2.41. The third kappa shape index (κ3) is 4.46. The molecule has 78 valence electrons. The second-order valence-electron chi connectivity index (χ2n) is 2.72. The van der Waals surface area contributed by atoms with E-state index in [9.17, 15) is 4.39 Å². The highest BCUT2D eigenvalue weighted by Gasteiger charge is 1.95. The highest BCUT2D eigenvalue weighted by Crippen LogP contribution is 2.09. The van der Waals surface area contributed by atoms with Crippen molar-refractivity contribution in [3.63, 3.8) is 0 Å². The summed E-state index contributed by atoms with van der Waals surface area (Å²) in [6, 6.07) is 2.89. The largest absolute Gasteiger partial charge is 0.492 e. The maximum Gasteiger partial charge on any atom is 0.213 e. The van der Waals surface area contributed by atoms with Gasteiger partial charge in [-0.25, -0.2) is 4.98 Å². The van der Waals surface area contributed by atoms with Crippen molar-refractivity contribution < 1.29 is 9.13 Å². The van der Waals surface area contributed by atoms with Crippen molar-refractivity contribution in [2.75, 3.05) is 18.1 Å². The Bertz CT molecular complexity index is 253. The monoisotopic (exact) mass is 215 g/mol. The first kappa shape index (κ1) is 11.3. The average molecular weight is 215 g/mol. The first-order chi connectivity index (χ1) is 6.83. The first-order valence-corrected chi connectivity index (χ1v) is 5.80. The fourth-order valence-electron chi connectivity index (χ4n) is 0.943. The molecule has 1 aromatic heterocycles. The van der Waals surface area contributed by atoms with Crippen LogP contribution < -0.4 is 4.74 Å². The van der Waals surface area contributed by atoms with E-state index in [1.54, 1.807) is 6.07 Å². The molecule has 0 radical (unpaired) electrons. The lowest BCUT2D eigenvalue weighted by Gasteiger charge is -2.04. The minimum absolute atomic E-state index is 0.473. The van der Waals surface area contributed by atoms with Gasteiger partial charge in [0.2, 0.25) is 5.95 Å². The Morgan fingerprint density at radius 3 is 3.00 bits per heavy atom. The molecule has 0 fully saturated rings. The van der Waals surface area contributed by atoms with Crippen LogP contribution >= 0.6 is 11.8 Å². The van der Waals surface area contributed by atoms with Gasteiger partial charge in [-0.05, 0) is 30.1 Å². The van der Waals surface area contributed by atoms with Crippen LogP contribution in [0, 0.1) is 5.95 Å². The summed E-state index contributed by atoms with van der Waals surface area (Å²) in [4.78, 5) is 3.50. The van der Waals surface area contributed by atoms with Gasteiger partial charge in [-0.1, -0.05) is 6.92 Å². The molecule has 0 saturated heterocycles.